The van der Waals surface area contributed by atoms with Crippen LogP contribution in [0.5, 0.6) is 5.75 Å². The molecule has 0 radical (unpaired) electrons. The van der Waals surface area contributed by atoms with Crippen molar-refractivity contribution in [2.24, 2.45) is 11.0 Å². The summed E-state index contributed by atoms with van der Waals surface area (Å²) >= 11 is 3.40. The van der Waals surface area contributed by atoms with Gasteiger partial charge in [-0.1, -0.05) is 60.1 Å². The summed E-state index contributed by atoms with van der Waals surface area (Å²) in [6.07, 6.45) is 0. The fourth-order valence-corrected chi connectivity index (χ4v) is 2.68. The van der Waals surface area contributed by atoms with Gasteiger partial charge < -0.3 is 4.74 Å². The molecule has 0 fully saturated rings. The Morgan fingerprint density at radius 3 is 2.54 bits per heavy atom. The Morgan fingerprint density at radius 2 is 1.92 bits per heavy atom. The molecule has 5 heteroatoms. The Bertz CT molecular complexity index is 727. The molecule has 0 heterocycles. The first-order chi connectivity index (χ1) is 11.5. The monoisotopic (exact) mass is 388 g/mol. The van der Waals surface area contributed by atoms with E-state index < -0.39 is 0 Å². The number of hydrazone groups is 1. The van der Waals surface area contributed by atoms with E-state index in [9.17, 15) is 4.79 Å². The molecule has 0 unspecified atom stereocenters. The van der Waals surface area contributed by atoms with Gasteiger partial charge in [-0.2, -0.15) is 5.10 Å². The largest absolute Gasteiger partial charge is 0.483 e. The maximum Gasteiger partial charge on any atom is 0.277 e. The molecule has 1 N–H and O–H groups in total. The molecule has 126 valence electrons. The zero-order chi connectivity index (χ0) is 17.5. The average Bonchev–Trinajstić information content (AvgIpc) is 2.55. The number of benzene rings is 2. The lowest BCUT2D eigenvalue weighted by molar-refractivity contribution is -0.123. The minimum atomic E-state index is -0.286. The van der Waals surface area contributed by atoms with E-state index in [1.54, 1.807) is 0 Å². The van der Waals surface area contributed by atoms with E-state index in [2.05, 4.69) is 26.5 Å². The highest BCUT2D eigenvalue weighted by molar-refractivity contribution is 9.10. The number of aryl methyl sites for hydroxylation is 1. The van der Waals surface area contributed by atoms with Crippen LogP contribution in [0.3, 0.4) is 0 Å². The van der Waals surface area contributed by atoms with Gasteiger partial charge in [0.05, 0.1) is 5.71 Å². The Morgan fingerprint density at radius 1 is 1.21 bits per heavy atom. The fraction of sp³-hybridized carbons (Fsp3) is 0.263. The van der Waals surface area contributed by atoms with Gasteiger partial charge in [0, 0.05) is 4.47 Å². The predicted molar refractivity (Wildman–Crippen MR) is 100 cm³/mol. The minimum Gasteiger partial charge on any atom is -0.483 e. The van der Waals surface area contributed by atoms with Gasteiger partial charge in [0.15, 0.2) is 6.61 Å². The molecule has 2 aromatic carbocycles. The van der Waals surface area contributed by atoms with Gasteiger partial charge in [-0.15, -0.1) is 0 Å². The van der Waals surface area contributed by atoms with Crippen molar-refractivity contribution in [1.82, 2.24) is 5.43 Å². The summed E-state index contributed by atoms with van der Waals surface area (Å²) in [4.78, 5) is 12.0. The van der Waals surface area contributed by atoms with Crippen LogP contribution in [0, 0.1) is 12.8 Å². The van der Waals surface area contributed by atoms with E-state index in [0.717, 1.165) is 21.3 Å². The number of rotatable bonds is 6. The topological polar surface area (TPSA) is 50.7 Å². The smallest absolute Gasteiger partial charge is 0.277 e. The van der Waals surface area contributed by atoms with Gasteiger partial charge in [-0.05, 0) is 42.2 Å². The molecule has 1 amide bonds. The third kappa shape index (κ3) is 5.20. The van der Waals surface area contributed by atoms with E-state index in [1.807, 2.05) is 69.3 Å². The maximum atomic E-state index is 12.0. The van der Waals surface area contributed by atoms with Crippen LogP contribution in [0.2, 0.25) is 0 Å². The lowest BCUT2D eigenvalue weighted by Crippen LogP contribution is -2.27. The molecule has 24 heavy (non-hydrogen) atoms. The van der Waals surface area contributed by atoms with Crippen molar-refractivity contribution in [3.05, 3.63) is 64.1 Å². The molecule has 0 aromatic heterocycles. The first kappa shape index (κ1) is 18.2. The van der Waals surface area contributed by atoms with Crippen LogP contribution in [0.15, 0.2) is 58.1 Å². The molecular formula is C19H21BrN2O2. The SMILES string of the molecule is Cc1cc(Br)ccc1OCC(=O)NN=C(c1ccccc1)C(C)C. The Hall–Kier alpha value is -2.14. The second-order valence-corrected chi connectivity index (χ2v) is 6.67. The second-order valence-electron chi connectivity index (χ2n) is 5.75. The zero-order valence-corrected chi connectivity index (χ0v) is 15.6. The van der Waals surface area contributed by atoms with Crippen molar-refractivity contribution in [2.75, 3.05) is 6.61 Å². The van der Waals surface area contributed by atoms with E-state index >= 15 is 0 Å². The summed E-state index contributed by atoms with van der Waals surface area (Å²) in [6, 6.07) is 15.5. The summed E-state index contributed by atoms with van der Waals surface area (Å²) in [5, 5.41) is 4.27. The number of carbonyl (C=O) groups is 1. The average molecular weight is 389 g/mol. The zero-order valence-electron chi connectivity index (χ0n) is 14.0. The fourth-order valence-electron chi connectivity index (χ4n) is 2.21. The van der Waals surface area contributed by atoms with Crippen LogP contribution in [-0.4, -0.2) is 18.2 Å². The number of halogens is 1. The normalized spacial score (nSPS) is 11.5. The molecule has 2 aromatic rings. The van der Waals surface area contributed by atoms with Crippen molar-refractivity contribution < 1.29 is 9.53 Å². The quantitative estimate of drug-likeness (QED) is 0.591. The molecule has 0 aliphatic carbocycles. The lowest BCUT2D eigenvalue weighted by Gasteiger charge is -2.11. The van der Waals surface area contributed by atoms with E-state index in [1.165, 1.54) is 0 Å². The van der Waals surface area contributed by atoms with Crippen molar-refractivity contribution in [3.63, 3.8) is 0 Å². The van der Waals surface area contributed by atoms with Crippen LogP contribution in [0.25, 0.3) is 0 Å². The molecule has 0 aliphatic rings. The highest BCUT2D eigenvalue weighted by Gasteiger charge is 2.10. The van der Waals surface area contributed by atoms with Crippen LogP contribution in [0.4, 0.5) is 0 Å². The van der Waals surface area contributed by atoms with Crippen LogP contribution >= 0.6 is 15.9 Å². The predicted octanol–water partition coefficient (Wildman–Crippen LogP) is 4.31. The van der Waals surface area contributed by atoms with Crippen LogP contribution in [0.1, 0.15) is 25.0 Å². The van der Waals surface area contributed by atoms with Crippen LogP contribution in [-0.2, 0) is 4.79 Å². The van der Waals surface area contributed by atoms with Gasteiger partial charge in [-0.25, -0.2) is 5.43 Å². The number of hydrogen-bond donors (Lipinski definition) is 1. The third-order valence-electron chi connectivity index (χ3n) is 3.41. The number of hydrogen-bond acceptors (Lipinski definition) is 3. The minimum absolute atomic E-state index is 0.0772. The molecule has 4 nitrogen and oxygen atoms in total. The van der Waals surface area contributed by atoms with E-state index in [0.29, 0.717) is 5.75 Å². The number of amides is 1. The van der Waals surface area contributed by atoms with E-state index in [-0.39, 0.29) is 18.4 Å². The summed E-state index contributed by atoms with van der Waals surface area (Å²) in [7, 11) is 0. The second kappa shape index (κ2) is 8.64. The molecule has 0 saturated heterocycles. The Labute approximate surface area is 151 Å². The number of nitrogens with zero attached hydrogens (tertiary/aromatic N) is 1. The first-order valence-electron chi connectivity index (χ1n) is 7.78. The lowest BCUT2D eigenvalue weighted by atomic mass is 10.0. The molecule has 0 spiro atoms. The molecule has 0 saturated carbocycles. The number of nitrogens with one attached hydrogen (secondary N) is 1. The Kier molecular flexibility index (Phi) is 6.55. The van der Waals surface area contributed by atoms with Crippen molar-refractivity contribution in [3.8, 4) is 5.75 Å². The van der Waals surface area contributed by atoms with Gasteiger partial charge in [-0.3, -0.25) is 4.79 Å². The van der Waals surface area contributed by atoms with Crippen molar-refractivity contribution >= 4 is 27.5 Å². The maximum absolute atomic E-state index is 12.0. The van der Waals surface area contributed by atoms with Crippen molar-refractivity contribution in [2.45, 2.75) is 20.8 Å². The molecule has 0 atom stereocenters. The van der Waals surface area contributed by atoms with Gasteiger partial charge in [0.25, 0.3) is 5.91 Å². The molecule has 0 bridgehead atoms. The standard InChI is InChI=1S/C19H21BrN2O2/c1-13(2)19(15-7-5-4-6-8-15)22-21-18(23)12-24-17-10-9-16(20)11-14(17)3/h4-11,13H,12H2,1-3H3,(H,21,23). The van der Waals surface area contributed by atoms with Crippen LogP contribution < -0.4 is 10.2 Å². The van der Waals surface area contributed by atoms with Gasteiger partial charge in [0.1, 0.15) is 5.75 Å². The highest BCUT2D eigenvalue weighted by atomic mass is 79.9. The summed E-state index contributed by atoms with van der Waals surface area (Å²) < 4.78 is 6.53. The molecule has 2 rings (SSSR count). The summed E-state index contributed by atoms with van der Waals surface area (Å²) in [5.74, 6) is 0.596. The highest BCUT2D eigenvalue weighted by Crippen LogP contribution is 2.21. The third-order valence-corrected chi connectivity index (χ3v) is 3.91. The van der Waals surface area contributed by atoms with Gasteiger partial charge in [0.2, 0.25) is 0 Å². The van der Waals surface area contributed by atoms with Crippen molar-refractivity contribution in [1.29, 1.82) is 0 Å². The van der Waals surface area contributed by atoms with E-state index in [4.69, 9.17) is 4.74 Å². The first-order valence-corrected chi connectivity index (χ1v) is 8.57. The van der Waals surface area contributed by atoms with Gasteiger partial charge >= 0.3 is 0 Å². The molecular weight excluding hydrogens is 368 g/mol. The Balaban J connectivity index is 1.98. The summed E-state index contributed by atoms with van der Waals surface area (Å²) in [6.45, 7) is 5.94. The summed E-state index contributed by atoms with van der Waals surface area (Å²) in [5.41, 5.74) is 5.38. The molecule has 0 aliphatic heterocycles. The number of ether oxygens (including phenoxy) is 1. The number of carbonyl (C=O) groups excluding carboxylic acids is 1.